The zero-order valence-corrected chi connectivity index (χ0v) is 9.28. The van der Waals surface area contributed by atoms with Gasteiger partial charge in [-0.1, -0.05) is 13.8 Å². The smallest absolute Gasteiger partial charge is 0.196 e. The Hall–Kier alpha value is -0.410. The monoisotopic (exact) mass is 217 g/mol. The Labute approximate surface area is 86.9 Å². The predicted octanol–water partition coefficient (Wildman–Crippen LogP) is 3.08. The fraction of sp³-hybridized carbons (Fsp3) is 0.556. The van der Waals surface area contributed by atoms with E-state index < -0.39 is 0 Å². The van der Waals surface area contributed by atoms with Gasteiger partial charge in [0.2, 0.25) is 0 Å². The molecule has 1 aromatic heterocycles. The maximum Gasteiger partial charge on any atom is 0.196 e. The van der Waals surface area contributed by atoms with Crippen LogP contribution in [0.5, 0.6) is 0 Å². The number of rotatable bonds is 4. The van der Waals surface area contributed by atoms with Crippen molar-refractivity contribution < 1.29 is 4.79 Å². The number of halogens is 1. The number of hydrogen-bond donors (Lipinski definition) is 0. The lowest BCUT2D eigenvalue weighted by atomic mass is 10.1. The van der Waals surface area contributed by atoms with Crippen LogP contribution in [0.4, 0.5) is 0 Å². The second-order valence-electron chi connectivity index (χ2n) is 2.94. The third kappa shape index (κ3) is 2.51. The molecule has 2 nitrogen and oxygen atoms in total. The number of alkyl halides is 1. The lowest BCUT2D eigenvalue weighted by Crippen LogP contribution is -2.01. The molecule has 1 heterocycles. The van der Waals surface area contributed by atoms with Crippen molar-refractivity contribution in [3.8, 4) is 0 Å². The first-order valence-corrected chi connectivity index (χ1v) is 5.65. The van der Waals surface area contributed by atoms with Gasteiger partial charge in [-0.2, -0.15) is 0 Å². The molecule has 1 unspecified atom stereocenters. The molecule has 72 valence electrons. The molecule has 0 N–H and O–H groups in total. The third-order valence-electron chi connectivity index (χ3n) is 1.96. The summed E-state index contributed by atoms with van der Waals surface area (Å²) in [4.78, 5) is 15.4. The normalized spacial score (nSPS) is 12.8. The first kappa shape index (κ1) is 10.7. The van der Waals surface area contributed by atoms with Crippen molar-refractivity contribution in [2.45, 2.75) is 26.2 Å². The van der Waals surface area contributed by atoms with Gasteiger partial charge < -0.3 is 0 Å². The second kappa shape index (κ2) is 4.72. The number of ketones is 1. The zero-order chi connectivity index (χ0) is 9.84. The van der Waals surface area contributed by atoms with Crippen molar-refractivity contribution in [3.63, 3.8) is 0 Å². The zero-order valence-electron chi connectivity index (χ0n) is 7.71. The molecule has 0 amide bonds. The van der Waals surface area contributed by atoms with Crippen molar-refractivity contribution in [3.05, 3.63) is 16.1 Å². The van der Waals surface area contributed by atoms with Gasteiger partial charge in [-0.3, -0.25) is 4.79 Å². The number of aromatic nitrogens is 1. The average molecular weight is 218 g/mol. The van der Waals surface area contributed by atoms with E-state index in [0.717, 1.165) is 11.4 Å². The van der Waals surface area contributed by atoms with Crippen molar-refractivity contribution in [2.24, 2.45) is 0 Å². The standard InChI is InChI=1S/C9H12ClNOS/c1-3-6(2)9-11-7(5-13-9)8(12)4-10/h5-6H,3-4H2,1-2H3. The molecule has 0 aliphatic carbocycles. The number of Topliss-reactive ketones (excluding diaryl/α,β-unsaturated/α-hetero) is 1. The summed E-state index contributed by atoms with van der Waals surface area (Å²) >= 11 is 6.96. The van der Waals surface area contributed by atoms with E-state index in [2.05, 4.69) is 18.8 Å². The summed E-state index contributed by atoms with van der Waals surface area (Å²) in [5, 5.41) is 2.81. The van der Waals surface area contributed by atoms with Gasteiger partial charge in [-0.25, -0.2) is 4.98 Å². The third-order valence-corrected chi connectivity index (χ3v) is 3.28. The number of nitrogens with zero attached hydrogens (tertiary/aromatic N) is 1. The average Bonchev–Trinajstić information content (AvgIpc) is 2.64. The molecular weight excluding hydrogens is 206 g/mol. The van der Waals surface area contributed by atoms with E-state index in [1.165, 1.54) is 11.3 Å². The molecule has 1 atom stereocenters. The minimum Gasteiger partial charge on any atom is -0.291 e. The fourth-order valence-electron chi connectivity index (χ4n) is 0.885. The molecule has 0 saturated carbocycles. The van der Waals surface area contributed by atoms with E-state index in [-0.39, 0.29) is 11.7 Å². The fourth-order valence-corrected chi connectivity index (χ4v) is 1.99. The van der Waals surface area contributed by atoms with Crippen LogP contribution in [0.25, 0.3) is 0 Å². The minimum atomic E-state index is -0.0903. The summed E-state index contributed by atoms with van der Waals surface area (Å²) in [7, 11) is 0. The first-order chi connectivity index (χ1) is 6.19. The molecule has 4 heteroatoms. The number of thiazole rings is 1. The molecule has 1 aromatic rings. The van der Waals surface area contributed by atoms with Gasteiger partial charge in [0.25, 0.3) is 0 Å². The van der Waals surface area contributed by atoms with Crippen LogP contribution >= 0.6 is 22.9 Å². The van der Waals surface area contributed by atoms with Crippen LogP contribution in [0.1, 0.15) is 41.7 Å². The van der Waals surface area contributed by atoms with Crippen LogP contribution in [0.15, 0.2) is 5.38 Å². The summed E-state index contributed by atoms with van der Waals surface area (Å²) in [5.74, 6) is 0.360. The maximum absolute atomic E-state index is 11.1. The van der Waals surface area contributed by atoms with E-state index in [1.54, 1.807) is 5.38 Å². The van der Waals surface area contributed by atoms with Crippen LogP contribution in [0, 0.1) is 0 Å². The molecule has 0 aromatic carbocycles. The van der Waals surface area contributed by atoms with Crippen LogP contribution in [-0.2, 0) is 0 Å². The van der Waals surface area contributed by atoms with Gasteiger partial charge in [0.1, 0.15) is 5.69 Å². The lowest BCUT2D eigenvalue weighted by molar-refractivity contribution is 0.101. The Morgan fingerprint density at radius 2 is 2.46 bits per heavy atom. The number of carbonyl (C=O) groups is 1. The molecule has 0 saturated heterocycles. The van der Waals surface area contributed by atoms with E-state index in [0.29, 0.717) is 11.6 Å². The Balaban J connectivity index is 2.80. The molecule has 0 spiro atoms. The summed E-state index contributed by atoms with van der Waals surface area (Å²) in [6.07, 6.45) is 1.04. The van der Waals surface area contributed by atoms with Crippen molar-refractivity contribution in [1.82, 2.24) is 4.98 Å². The van der Waals surface area contributed by atoms with Gasteiger partial charge in [-0.15, -0.1) is 22.9 Å². The van der Waals surface area contributed by atoms with Gasteiger partial charge >= 0.3 is 0 Å². The Kier molecular flexibility index (Phi) is 3.88. The molecule has 0 fully saturated rings. The summed E-state index contributed by atoms with van der Waals surface area (Å²) in [6.45, 7) is 4.21. The van der Waals surface area contributed by atoms with Crippen molar-refractivity contribution in [1.29, 1.82) is 0 Å². The highest BCUT2D eigenvalue weighted by Crippen LogP contribution is 2.22. The number of hydrogen-bond acceptors (Lipinski definition) is 3. The highest BCUT2D eigenvalue weighted by molar-refractivity contribution is 7.09. The van der Waals surface area contributed by atoms with Crippen LogP contribution in [0.2, 0.25) is 0 Å². The van der Waals surface area contributed by atoms with E-state index in [1.807, 2.05) is 0 Å². The van der Waals surface area contributed by atoms with Crippen LogP contribution in [0.3, 0.4) is 0 Å². The highest BCUT2D eigenvalue weighted by atomic mass is 35.5. The van der Waals surface area contributed by atoms with E-state index >= 15 is 0 Å². The quantitative estimate of drug-likeness (QED) is 0.573. The van der Waals surface area contributed by atoms with E-state index in [9.17, 15) is 4.79 Å². The molecular formula is C9H12ClNOS. The molecule has 13 heavy (non-hydrogen) atoms. The first-order valence-electron chi connectivity index (χ1n) is 4.23. The maximum atomic E-state index is 11.1. The van der Waals surface area contributed by atoms with Crippen LogP contribution in [-0.4, -0.2) is 16.6 Å². The Morgan fingerprint density at radius 1 is 1.77 bits per heavy atom. The van der Waals surface area contributed by atoms with Gasteiger partial charge in [0.15, 0.2) is 5.78 Å². The summed E-state index contributed by atoms with van der Waals surface area (Å²) < 4.78 is 0. The second-order valence-corrected chi connectivity index (χ2v) is 4.09. The summed E-state index contributed by atoms with van der Waals surface area (Å²) in [6, 6.07) is 0. The highest BCUT2D eigenvalue weighted by Gasteiger charge is 2.12. The van der Waals surface area contributed by atoms with Crippen molar-refractivity contribution >= 4 is 28.7 Å². The van der Waals surface area contributed by atoms with Gasteiger partial charge in [0.05, 0.1) is 10.9 Å². The Bertz CT molecular complexity index is 298. The Morgan fingerprint density at radius 3 is 3.00 bits per heavy atom. The van der Waals surface area contributed by atoms with E-state index in [4.69, 9.17) is 11.6 Å². The minimum absolute atomic E-state index is 0.0175. The van der Waals surface area contributed by atoms with Gasteiger partial charge in [0, 0.05) is 11.3 Å². The van der Waals surface area contributed by atoms with Crippen molar-refractivity contribution in [2.75, 3.05) is 5.88 Å². The molecule has 1 rings (SSSR count). The van der Waals surface area contributed by atoms with Crippen LogP contribution < -0.4 is 0 Å². The summed E-state index contributed by atoms with van der Waals surface area (Å²) in [5.41, 5.74) is 0.510. The lowest BCUT2D eigenvalue weighted by Gasteiger charge is -2.01. The molecule has 0 aliphatic heterocycles. The molecule has 0 aliphatic rings. The van der Waals surface area contributed by atoms with Gasteiger partial charge in [-0.05, 0) is 6.42 Å². The largest absolute Gasteiger partial charge is 0.291 e. The SMILES string of the molecule is CCC(C)c1nc(C(=O)CCl)cs1. The molecule has 0 radical (unpaired) electrons. The molecule has 0 bridgehead atoms. The topological polar surface area (TPSA) is 30.0 Å². The predicted molar refractivity (Wildman–Crippen MR) is 55.9 cm³/mol. The number of carbonyl (C=O) groups excluding carboxylic acids is 1.